The maximum absolute atomic E-state index is 13.1. The highest BCUT2D eigenvalue weighted by molar-refractivity contribution is 6.07. The van der Waals surface area contributed by atoms with Crippen LogP contribution in [-0.2, 0) is 19.9 Å². The van der Waals surface area contributed by atoms with E-state index in [1.807, 2.05) is 4.90 Å². The van der Waals surface area contributed by atoms with Gasteiger partial charge in [0.05, 0.1) is 26.3 Å². The molecule has 0 bridgehead atoms. The molecule has 0 spiro atoms. The van der Waals surface area contributed by atoms with Gasteiger partial charge in [0.2, 0.25) is 0 Å². The van der Waals surface area contributed by atoms with E-state index in [1.165, 1.54) is 4.90 Å². The molecule has 2 aliphatic heterocycles. The van der Waals surface area contributed by atoms with Crippen LogP contribution >= 0.6 is 0 Å². The summed E-state index contributed by atoms with van der Waals surface area (Å²) in [7, 11) is 1.56. The molecule has 152 valence electrons. The summed E-state index contributed by atoms with van der Waals surface area (Å²) in [6, 6.07) is 6.73. The SMILES string of the molecule is CCOC(=O)C1CCN(CN2C(=O)N[C@](C)(c3cccc(OC)c3)C2=O)CC1. The largest absolute Gasteiger partial charge is 0.497 e. The van der Waals surface area contributed by atoms with Crippen molar-refractivity contribution >= 4 is 17.9 Å². The molecule has 3 rings (SSSR count). The van der Waals surface area contributed by atoms with Gasteiger partial charge in [-0.2, -0.15) is 0 Å². The van der Waals surface area contributed by atoms with Crippen molar-refractivity contribution in [1.29, 1.82) is 0 Å². The van der Waals surface area contributed by atoms with Crippen LogP contribution in [0.3, 0.4) is 0 Å². The lowest BCUT2D eigenvalue weighted by atomic mass is 9.92. The predicted octanol–water partition coefficient (Wildman–Crippen LogP) is 1.69. The molecule has 1 aromatic rings. The fourth-order valence-electron chi connectivity index (χ4n) is 3.73. The molecule has 0 radical (unpaired) electrons. The standard InChI is InChI=1S/C20H27N3O5/c1-4-28-17(24)14-8-10-22(11-9-14)13-23-18(25)20(2,21-19(23)26)15-6-5-7-16(12-15)27-3/h5-7,12,14H,4,8-11,13H2,1-3H3,(H,21,26)/t20-/m1/s1. The van der Waals surface area contributed by atoms with Crippen LogP contribution < -0.4 is 10.1 Å². The molecule has 28 heavy (non-hydrogen) atoms. The smallest absolute Gasteiger partial charge is 0.326 e. The molecule has 0 aromatic heterocycles. The number of benzene rings is 1. The maximum Gasteiger partial charge on any atom is 0.326 e. The lowest BCUT2D eigenvalue weighted by molar-refractivity contribution is -0.150. The average molecular weight is 389 g/mol. The molecule has 0 saturated carbocycles. The summed E-state index contributed by atoms with van der Waals surface area (Å²) >= 11 is 0. The second kappa shape index (κ2) is 8.18. The Hall–Kier alpha value is -2.61. The van der Waals surface area contributed by atoms with Crippen molar-refractivity contribution in [2.24, 2.45) is 5.92 Å². The molecule has 3 amide bonds. The number of carbonyl (C=O) groups excluding carboxylic acids is 3. The predicted molar refractivity (Wildman–Crippen MR) is 102 cm³/mol. The van der Waals surface area contributed by atoms with E-state index >= 15 is 0 Å². The van der Waals surface area contributed by atoms with Gasteiger partial charge in [0.15, 0.2) is 0 Å². The lowest BCUT2D eigenvalue weighted by Crippen LogP contribution is -2.46. The first kappa shape index (κ1) is 20.1. The van der Waals surface area contributed by atoms with Crippen molar-refractivity contribution in [2.75, 3.05) is 33.5 Å². The number of nitrogens with zero attached hydrogens (tertiary/aromatic N) is 2. The minimum atomic E-state index is -1.13. The van der Waals surface area contributed by atoms with Crippen LogP contribution in [0.2, 0.25) is 0 Å². The first-order valence-corrected chi connectivity index (χ1v) is 9.56. The zero-order valence-corrected chi connectivity index (χ0v) is 16.6. The molecule has 2 fully saturated rings. The highest BCUT2D eigenvalue weighted by atomic mass is 16.5. The molecule has 8 nitrogen and oxygen atoms in total. The second-order valence-electron chi connectivity index (χ2n) is 7.31. The van der Waals surface area contributed by atoms with E-state index in [1.54, 1.807) is 45.2 Å². The molecule has 2 heterocycles. The van der Waals surface area contributed by atoms with Crippen LogP contribution in [0, 0.1) is 5.92 Å². The molecule has 1 atom stereocenters. The number of methoxy groups -OCH3 is 1. The van der Waals surface area contributed by atoms with E-state index in [0.29, 0.717) is 43.9 Å². The Bertz CT molecular complexity index is 760. The molecule has 0 unspecified atom stereocenters. The van der Waals surface area contributed by atoms with Crippen LogP contribution in [-0.4, -0.2) is 61.2 Å². The van der Waals surface area contributed by atoms with Crippen molar-refractivity contribution in [1.82, 2.24) is 15.1 Å². The van der Waals surface area contributed by atoms with Crippen LogP contribution in [0.15, 0.2) is 24.3 Å². The highest BCUT2D eigenvalue weighted by Gasteiger charge is 2.49. The van der Waals surface area contributed by atoms with Gasteiger partial charge in [0.1, 0.15) is 11.3 Å². The van der Waals surface area contributed by atoms with Gasteiger partial charge in [-0.3, -0.25) is 14.5 Å². The number of imide groups is 1. The van der Waals surface area contributed by atoms with Crippen LogP contribution in [0.5, 0.6) is 5.75 Å². The molecule has 1 N–H and O–H groups in total. The molecule has 0 aliphatic carbocycles. The number of rotatable bonds is 6. The topological polar surface area (TPSA) is 88.2 Å². The number of nitrogens with one attached hydrogen (secondary N) is 1. The lowest BCUT2D eigenvalue weighted by Gasteiger charge is -2.32. The van der Waals surface area contributed by atoms with Crippen LogP contribution in [0.1, 0.15) is 32.3 Å². The number of likely N-dealkylation sites (tertiary alicyclic amines) is 1. The van der Waals surface area contributed by atoms with E-state index in [-0.39, 0.29) is 24.5 Å². The van der Waals surface area contributed by atoms with Gasteiger partial charge >= 0.3 is 12.0 Å². The Labute approximate surface area is 164 Å². The van der Waals surface area contributed by atoms with Gasteiger partial charge in [-0.05, 0) is 44.4 Å². The highest BCUT2D eigenvalue weighted by Crippen LogP contribution is 2.31. The van der Waals surface area contributed by atoms with Crippen LogP contribution in [0.4, 0.5) is 4.79 Å². The number of ether oxygens (including phenoxy) is 2. The Morgan fingerprint density at radius 3 is 2.64 bits per heavy atom. The van der Waals surface area contributed by atoms with E-state index in [9.17, 15) is 14.4 Å². The first-order chi connectivity index (χ1) is 13.4. The summed E-state index contributed by atoms with van der Waals surface area (Å²) in [6.45, 7) is 5.36. The average Bonchev–Trinajstić information content (AvgIpc) is 2.93. The molecule has 1 aromatic carbocycles. The normalized spacial score (nSPS) is 23.6. The number of amides is 3. The number of carbonyl (C=O) groups is 3. The van der Waals surface area contributed by atoms with Gasteiger partial charge in [0.25, 0.3) is 5.91 Å². The van der Waals surface area contributed by atoms with Crippen LogP contribution in [0.25, 0.3) is 0 Å². The van der Waals surface area contributed by atoms with Crippen molar-refractivity contribution in [3.63, 3.8) is 0 Å². The quantitative estimate of drug-likeness (QED) is 0.588. The van der Waals surface area contributed by atoms with E-state index in [4.69, 9.17) is 9.47 Å². The minimum absolute atomic E-state index is 0.110. The number of hydrogen-bond donors (Lipinski definition) is 1. The molecule has 8 heteroatoms. The number of piperidine rings is 1. The van der Waals surface area contributed by atoms with Gasteiger partial charge in [-0.25, -0.2) is 9.69 Å². The monoisotopic (exact) mass is 389 g/mol. The molecule has 2 saturated heterocycles. The van der Waals surface area contributed by atoms with Gasteiger partial charge in [0, 0.05) is 13.1 Å². The van der Waals surface area contributed by atoms with E-state index in [0.717, 1.165) is 0 Å². The van der Waals surface area contributed by atoms with E-state index < -0.39 is 11.6 Å². The first-order valence-electron chi connectivity index (χ1n) is 9.56. The van der Waals surface area contributed by atoms with Gasteiger partial charge < -0.3 is 14.8 Å². The summed E-state index contributed by atoms with van der Waals surface area (Å²) in [5.74, 6) is 0.0580. The zero-order chi connectivity index (χ0) is 20.3. The molecular weight excluding hydrogens is 362 g/mol. The molecular formula is C20H27N3O5. The minimum Gasteiger partial charge on any atom is -0.497 e. The molecule has 2 aliphatic rings. The maximum atomic E-state index is 13.1. The van der Waals surface area contributed by atoms with E-state index in [2.05, 4.69) is 5.32 Å². The van der Waals surface area contributed by atoms with Crippen molar-refractivity contribution in [2.45, 2.75) is 32.2 Å². The Morgan fingerprint density at radius 1 is 1.29 bits per heavy atom. The third-order valence-electron chi connectivity index (χ3n) is 5.47. The van der Waals surface area contributed by atoms with Crippen molar-refractivity contribution in [3.8, 4) is 5.75 Å². The number of urea groups is 1. The van der Waals surface area contributed by atoms with Gasteiger partial charge in [-0.15, -0.1) is 0 Å². The summed E-state index contributed by atoms with van der Waals surface area (Å²) in [5.41, 5.74) is -0.455. The fourth-order valence-corrected chi connectivity index (χ4v) is 3.73. The number of hydrogen-bond acceptors (Lipinski definition) is 6. The Kier molecular flexibility index (Phi) is 5.88. The number of esters is 1. The summed E-state index contributed by atoms with van der Waals surface area (Å²) in [6.07, 6.45) is 1.32. The fraction of sp³-hybridized carbons (Fsp3) is 0.550. The Morgan fingerprint density at radius 2 is 2.00 bits per heavy atom. The third-order valence-corrected chi connectivity index (χ3v) is 5.47. The summed E-state index contributed by atoms with van der Waals surface area (Å²) < 4.78 is 10.3. The van der Waals surface area contributed by atoms with Crippen molar-refractivity contribution in [3.05, 3.63) is 29.8 Å². The summed E-state index contributed by atoms with van der Waals surface area (Å²) in [4.78, 5) is 40.7. The van der Waals surface area contributed by atoms with Gasteiger partial charge in [-0.1, -0.05) is 12.1 Å². The third kappa shape index (κ3) is 3.82. The Balaban J connectivity index is 1.65. The summed E-state index contributed by atoms with van der Waals surface area (Å²) in [5, 5.41) is 2.81. The van der Waals surface area contributed by atoms with Crippen molar-refractivity contribution < 1.29 is 23.9 Å². The second-order valence-corrected chi connectivity index (χ2v) is 7.31. The zero-order valence-electron chi connectivity index (χ0n) is 16.6.